The minimum absolute atomic E-state index is 0.00584. The summed E-state index contributed by atoms with van der Waals surface area (Å²) in [5.41, 5.74) is 1.10. The van der Waals surface area contributed by atoms with Crippen molar-refractivity contribution < 1.29 is 4.74 Å². The Morgan fingerprint density at radius 3 is 2.83 bits per heavy atom. The first kappa shape index (κ1) is 13.2. The molecule has 1 heterocycles. The number of benzene rings is 1. The number of hydrogen-bond acceptors (Lipinski definition) is 4. The van der Waals surface area contributed by atoms with Crippen LogP contribution in [0.15, 0.2) is 29.3 Å². The minimum atomic E-state index is -0.00584. The lowest BCUT2D eigenvalue weighted by Crippen LogP contribution is -2.42. The number of methoxy groups -OCH3 is 1. The fourth-order valence-corrected chi connectivity index (χ4v) is 1.98. The first-order chi connectivity index (χ1) is 8.79. The van der Waals surface area contributed by atoms with E-state index in [4.69, 9.17) is 16.3 Å². The summed E-state index contributed by atoms with van der Waals surface area (Å²) < 4.78 is 5.48. The summed E-state index contributed by atoms with van der Waals surface area (Å²) in [6, 6.07) is 7.71. The Bertz CT molecular complexity index is 405. The van der Waals surface area contributed by atoms with Gasteiger partial charge in [0.15, 0.2) is 5.96 Å². The molecule has 0 fully saturated rings. The SMILES string of the molecule is COC(CNC1=NCCCN1)c1ccc(Cl)cc1. The molecule has 1 atom stereocenters. The maximum atomic E-state index is 5.87. The van der Waals surface area contributed by atoms with Crippen LogP contribution in [-0.4, -0.2) is 32.7 Å². The van der Waals surface area contributed by atoms with Gasteiger partial charge in [0.2, 0.25) is 0 Å². The highest BCUT2D eigenvalue weighted by Gasteiger charge is 2.12. The molecule has 0 radical (unpaired) electrons. The van der Waals surface area contributed by atoms with Crippen LogP contribution in [0.3, 0.4) is 0 Å². The normalized spacial score (nSPS) is 16.7. The monoisotopic (exact) mass is 267 g/mol. The van der Waals surface area contributed by atoms with Crippen LogP contribution in [0.25, 0.3) is 0 Å². The van der Waals surface area contributed by atoms with Gasteiger partial charge in [-0.05, 0) is 24.1 Å². The quantitative estimate of drug-likeness (QED) is 0.877. The molecule has 2 rings (SSSR count). The minimum Gasteiger partial charge on any atom is -0.375 e. The second-order valence-corrected chi connectivity index (χ2v) is 4.60. The molecule has 4 nitrogen and oxygen atoms in total. The van der Waals surface area contributed by atoms with Crippen molar-refractivity contribution >= 4 is 17.6 Å². The van der Waals surface area contributed by atoms with Gasteiger partial charge >= 0.3 is 0 Å². The third-order valence-electron chi connectivity index (χ3n) is 2.88. The summed E-state index contributed by atoms with van der Waals surface area (Å²) in [5, 5.41) is 7.22. The molecule has 1 aromatic rings. The highest BCUT2D eigenvalue weighted by molar-refractivity contribution is 6.30. The smallest absolute Gasteiger partial charge is 0.191 e. The van der Waals surface area contributed by atoms with Crippen LogP contribution in [0.1, 0.15) is 18.1 Å². The molecule has 0 bridgehead atoms. The lowest BCUT2D eigenvalue weighted by molar-refractivity contribution is 0.106. The van der Waals surface area contributed by atoms with Crippen LogP contribution in [0.5, 0.6) is 0 Å². The number of nitrogens with zero attached hydrogens (tertiary/aromatic N) is 1. The molecular formula is C13H18ClN3O. The van der Waals surface area contributed by atoms with Gasteiger partial charge in [0.1, 0.15) is 0 Å². The molecule has 98 valence electrons. The van der Waals surface area contributed by atoms with E-state index in [0.29, 0.717) is 6.54 Å². The molecule has 0 spiro atoms. The van der Waals surface area contributed by atoms with Crippen LogP contribution < -0.4 is 10.6 Å². The Kier molecular flexibility index (Phi) is 4.84. The van der Waals surface area contributed by atoms with E-state index in [1.807, 2.05) is 24.3 Å². The van der Waals surface area contributed by atoms with Gasteiger partial charge in [-0.25, -0.2) is 0 Å². The van der Waals surface area contributed by atoms with Crippen LogP contribution in [-0.2, 0) is 4.74 Å². The van der Waals surface area contributed by atoms with Crippen LogP contribution in [0.4, 0.5) is 0 Å². The highest BCUT2D eigenvalue weighted by Crippen LogP contribution is 2.18. The van der Waals surface area contributed by atoms with E-state index in [0.717, 1.165) is 36.1 Å². The number of nitrogens with one attached hydrogen (secondary N) is 2. The van der Waals surface area contributed by atoms with Crippen molar-refractivity contribution in [2.45, 2.75) is 12.5 Å². The van der Waals surface area contributed by atoms with Crippen molar-refractivity contribution in [3.05, 3.63) is 34.9 Å². The van der Waals surface area contributed by atoms with E-state index in [1.165, 1.54) is 0 Å². The summed E-state index contributed by atoms with van der Waals surface area (Å²) in [7, 11) is 1.71. The maximum Gasteiger partial charge on any atom is 0.191 e. The molecule has 0 saturated carbocycles. The van der Waals surface area contributed by atoms with Crippen molar-refractivity contribution in [1.82, 2.24) is 10.6 Å². The molecule has 0 aliphatic carbocycles. The summed E-state index contributed by atoms with van der Waals surface area (Å²) in [5.74, 6) is 0.859. The van der Waals surface area contributed by atoms with E-state index >= 15 is 0 Å². The van der Waals surface area contributed by atoms with Gasteiger partial charge in [0.05, 0.1) is 6.10 Å². The first-order valence-electron chi connectivity index (χ1n) is 6.10. The van der Waals surface area contributed by atoms with Gasteiger partial charge < -0.3 is 15.4 Å². The van der Waals surface area contributed by atoms with Gasteiger partial charge in [0, 0.05) is 31.8 Å². The van der Waals surface area contributed by atoms with Crippen molar-refractivity contribution in [3.8, 4) is 0 Å². The van der Waals surface area contributed by atoms with Crippen LogP contribution in [0, 0.1) is 0 Å². The lowest BCUT2D eigenvalue weighted by Gasteiger charge is -2.20. The molecule has 1 aliphatic rings. The van der Waals surface area contributed by atoms with Gasteiger partial charge in [-0.1, -0.05) is 23.7 Å². The largest absolute Gasteiger partial charge is 0.375 e. The molecule has 0 aromatic heterocycles. The number of guanidine groups is 1. The van der Waals surface area contributed by atoms with Gasteiger partial charge in [0.25, 0.3) is 0 Å². The second kappa shape index (κ2) is 6.61. The average Bonchev–Trinajstić information content (AvgIpc) is 2.42. The zero-order valence-electron chi connectivity index (χ0n) is 10.4. The number of aliphatic imine (C=N–C) groups is 1. The maximum absolute atomic E-state index is 5.87. The fraction of sp³-hybridized carbons (Fsp3) is 0.462. The molecule has 1 unspecified atom stereocenters. The van der Waals surface area contributed by atoms with E-state index in [9.17, 15) is 0 Å². The van der Waals surface area contributed by atoms with Gasteiger partial charge in [-0.3, -0.25) is 4.99 Å². The summed E-state index contributed by atoms with van der Waals surface area (Å²) in [4.78, 5) is 4.36. The van der Waals surface area contributed by atoms with Crippen molar-refractivity contribution in [2.24, 2.45) is 4.99 Å². The fourth-order valence-electron chi connectivity index (χ4n) is 1.86. The number of rotatable bonds is 4. The molecule has 2 N–H and O–H groups in total. The number of hydrogen-bond donors (Lipinski definition) is 2. The van der Waals surface area contributed by atoms with Crippen LogP contribution >= 0.6 is 11.6 Å². The van der Waals surface area contributed by atoms with Crippen LogP contribution in [0.2, 0.25) is 5.02 Å². The first-order valence-corrected chi connectivity index (χ1v) is 6.48. The number of halogens is 1. The third-order valence-corrected chi connectivity index (χ3v) is 3.13. The van der Waals surface area contributed by atoms with Gasteiger partial charge in [-0.2, -0.15) is 0 Å². The topological polar surface area (TPSA) is 45.6 Å². The zero-order chi connectivity index (χ0) is 12.8. The molecule has 1 aliphatic heterocycles. The standard InChI is InChI=1S/C13H18ClN3O/c1-18-12(10-3-5-11(14)6-4-10)9-17-13-15-7-2-8-16-13/h3-6,12H,2,7-9H2,1H3,(H2,15,16,17). The van der Waals surface area contributed by atoms with Gasteiger partial charge in [-0.15, -0.1) is 0 Å². The molecule has 18 heavy (non-hydrogen) atoms. The molecule has 0 amide bonds. The van der Waals surface area contributed by atoms with E-state index < -0.39 is 0 Å². The Morgan fingerprint density at radius 1 is 1.44 bits per heavy atom. The molecular weight excluding hydrogens is 250 g/mol. The summed E-state index contributed by atoms with van der Waals surface area (Å²) in [6.07, 6.45) is 1.09. The second-order valence-electron chi connectivity index (χ2n) is 4.17. The average molecular weight is 268 g/mol. The predicted molar refractivity (Wildman–Crippen MR) is 74.1 cm³/mol. The van der Waals surface area contributed by atoms with Crippen molar-refractivity contribution in [3.63, 3.8) is 0 Å². The van der Waals surface area contributed by atoms with Crippen molar-refractivity contribution in [1.29, 1.82) is 0 Å². The zero-order valence-corrected chi connectivity index (χ0v) is 11.2. The van der Waals surface area contributed by atoms with E-state index in [1.54, 1.807) is 7.11 Å². The number of ether oxygens (including phenoxy) is 1. The Balaban J connectivity index is 1.92. The summed E-state index contributed by atoms with van der Waals surface area (Å²) in [6.45, 7) is 2.54. The van der Waals surface area contributed by atoms with E-state index in [2.05, 4.69) is 15.6 Å². The highest BCUT2D eigenvalue weighted by atomic mass is 35.5. The Morgan fingerprint density at radius 2 is 2.22 bits per heavy atom. The lowest BCUT2D eigenvalue weighted by atomic mass is 10.1. The van der Waals surface area contributed by atoms with Crippen molar-refractivity contribution in [2.75, 3.05) is 26.7 Å². The summed E-state index contributed by atoms with van der Waals surface area (Å²) >= 11 is 5.87. The van der Waals surface area contributed by atoms with E-state index in [-0.39, 0.29) is 6.10 Å². The molecule has 0 saturated heterocycles. The molecule has 5 heteroatoms. The Labute approximate surface area is 112 Å². The molecule has 1 aromatic carbocycles. The Hall–Kier alpha value is -1.26. The predicted octanol–water partition coefficient (Wildman–Crippen LogP) is 1.97. The third kappa shape index (κ3) is 3.62.